The molecule has 1 spiro atoms. The van der Waals surface area contributed by atoms with Crippen LogP contribution in [0.3, 0.4) is 0 Å². The van der Waals surface area contributed by atoms with Gasteiger partial charge in [0.05, 0.1) is 21.3 Å². The summed E-state index contributed by atoms with van der Waals surface area (Å²) in [5, 5.41) is 0. The van der Waals surface area contributed by atoms with Gasteiger partial charge in [0.25, 0.3) is 0 Å². The van der Waals surface area contributed by atoms with Crippen LogP contribution in [-0.2, 0) is 23.3 Å². The lowest BCUT2D eigenvalue weighted by Crippen LogP contribution is -2.45. The molecular weight excluding hydrogens is 390 g/mol. The number of fused-ring (bicyclic) bond motifs is 4. The van der Waals surface area contributed by atoms with E-state index in [2.05, 4.69) is 4.90 Å². The minimum Gasteiger partial charge on any atom is -0.493 e. The molecule has 0 radical (unpaired) electrons. The Morgan fingerprint density at radius 2 is 1.87 bits per heavy atom. The summed E-state index contributed by atoms with van der Waals surface area (Å²) < 4.78 is 34.0. The molecule has 8 nitrogen and oxygen atoms in total. The molecule has 0 aliphatic carbocycles. The van der Waals surface area contributed by atoms with E-state index >= 15 is 0 Å². The molecule has 0 aromatic heterocycles. The lowest BCUT2D eigenvalue weighted by Gasteiger charge is -2.36. The summed E-state index contributed by atoms with van der Waals surface area (Å²) in [6.07, 6.45) is 1.16. The monoisotopic (exact) mass is 413 g/mol. The first kappa shape index (κ1) is 18.9. The molecule has 3 heterocycles. The number of rotatable bonds is 3. The summed E-state index contributed by atoms with van der Waals surface area (Å²) in [6, 6.07) is 5.68. The summed E-state index contributed by atoms with van der Waals surface area (Å²) in [4.78, 5) is 15.1. The van der Waals surface area contributed by atoms with Gasteiger partial charge in [0, 0.05) is 24.1 Å². The van der Waals surface area contributed by atoms with Crippen molar-refractivity contribution in [2.75, 3.05) is 41.7 Å². The van der Waals surface area contributed by atoms with E-state index in [0.717, 1.165) is 23.1 Å². The van der Waals surface area contributed by atoms with Crippen LogP contribution < -0.4 is 23.7 Å². The van der Waals surface area contributed by atoms with Gasteiger partial charge in [0.2, 0.25) is 12.5 Å². The zero-order valence-corrected chi connectivity index (χ0v) is 17.4. The summed E-state index contributed by atoms with van der Waals surface area (Å²) in [6.45, 7) is 0.839. The molecule has 8 heteroatoms. The number of benzene rings is 2. The van der Waals surface area contributed by atoms with Gasteiger partial charge < -0.3 is 28.4 Å². The summed E-state index contributed by atoms with van der Waals surface area (Å²) in [5.74, 6) is 2.33. The molecular formula is C22H23NO7. The number of carbonyl (C=O) groups excluding carboxylic acids is 1. The normalized spacial score (nSPS) is 21.7. The minimum absolute atomic E-state index is 0.161. The number of carbonyl (C=O) groups is 1. The highest BCUT2D eigenvalue weighted by atomic mass is 16.7. The van der Waals surface area contributed by atoms with Crippen LogP contribution in [0, 0.1) is 0 Å². The summed E-state index contributed by atoms with van der Waals surface area (Å²) in [5.41, 5.74) is 2.19. The number of esters is 1. The number of likely N-dealkylation sites (N-methyl/N-ethyl adjacent to an activating group) is 1. The van der Waals surface area contributed by atoms with Gasteiger partial charge in [0.15, 0.2) is 28.7 Å². The van der Waals surface area contributed by atoms with E-state index in [4.69, 9.17) is 28.4 Å². The molecule has 1 atom stereocenters. The van der Waals surface area contributed by atoms with Crippen LogP contribution >= 0.6 is 0 Å². The maximum absolute atomic E-state index is 13.0. The van der Waals surface area contributed by atoms with Crippen LogP contribution in [0.5, 0.6) is 28.7 Å². The molecule has 3 aliphatic rings. The number of ether oxygens (including phenoxy) is 6. The largest absolute Gasteiger partial charge is 0.493 e. The molecule has 2 aromatic carbocycles. The lowest BCUT2D eigenvalue weighted by molar-refractivity contribution is -0.101. The van der Waals surface area contributed by atoms with E-state index in [1.807, 2.05) is 19.2 Å². The van der Waals surface area contributed by atoms with Crippen molar-refractivity contribution < 1.29 is 33.2 Å². The van der Waals surface area contributed by atoms with Gasteiger partial charge in [-0.15, -0.1) is 0 Å². The van der Waals surface area contributed by atoms with Crippen molar-refractivity contribution in [2.24, 2.45) is 0 Å². The van der Waals surface area contributed by atoms with E-state index in [9.17, 15) is 4.79 Å². The van der Waals surface area contributed by atoms with Gasteiger partial charge in [-0.05, 0) is 37.2 Å². The van der Waals surface area contributed by atoms with E-state index < -0.39 is 11.7 Å². The molecule has 0 N–H and O–H groups in total. The molecule has 2 aromatic rings. The van der Waals surface area contributed by atoms with Gasteiger partial charge in [0.1, 0.15) is 5.56 Å². The third-order valence-corrected chi connectivity index (χ3v) is 6.20. The van der Waals surface area contributed by atoms with Crippen LogP contribution in [0.4, 0.5) is 0 Å². The Hall–Kier alpha value is -3.13. The van der Waals surface area contributed by atoms with Crippen LogP contribution in [0.1, 0.15) is 27.0 Å². The van der Waals surface area contributed by atoms with Gasteiger partial charge in [-0.3, -0.25) is 4.90 Å². The highest BCUT2D eigenvalue weighted by molar-refractivity contribution is 5.98. The van der Waals surface area contributed by atoms with Crippen LogP contribution in [0.15, 0.2) is 18.2 Å². The summed E-state index contributed by atoms with van der Waals surface area (Å²) >= 11 is 0. The highest BCUT2D eigenvalue weighted by Crippen LogP contribution is 2.52. The first-order chi connectivity index (χ1) is 14.5. The number of hydrogen-bond donors (Lipinski definition) is 0. The van der Waals surface area contributed by atoms with Crippen molar-refractivity contribution in [1.82, 2.24) is 4.90 Å². The average Bonchev–Trinajstić information content (AvgIpc) is 3.30. The molecule has 30 heavy (non-hydrogen) atoms. The smallest absolute Gasteiger partial charge is 0.344 e. The number of hydrogen-bond acceptors (Lipinski definition) is 8. The fourth-order valence-corrected chi connectivity index (χ4v) is 4.71. The Labute approximate surface area is 174 Å². The van der Waals surface area contributed by atoms with Crippen molar-refractivity contribution in [3.05, 3.63) is 40.5 Å². The molecule has 0 saturated carbocycles. The Morgan fingerprint density at radius 3 is 2.60 bits per heavy atom. The first-order valence-corrected chi connectivity index (χ1v) is 9.72. The van der Waals surface area contributed by atoms with Gasteiger partial charge in [-0.1, -0.05) is 0 Å². The van der Waals surface area contributed by atoms with Crippen LogP contribution in [0.2, 0.25) is 0 Å². The van der Waals surface area contributed by atoms with Crippen molar-refractivity contribution in [1.29, 1.82) is 0 Å². The third-order valence-electron chi connectivity index (χ3n) is 6.20. The molecule has 0 amide bonds. The van der Waals surface area contributed by atoms with E-state index in [1.54, 1.807) is 20.3 Å². The van der Waals surface area contributed by atoms with Crippen LogP contribution in [0.25, 0.3) is 0 Å². The summed E-state index contributed by atoms with van der Waals surface area (Å²) in [7, 11) is 6.63. The second-order valence-electron chi connectivity index (χ2n) is 7.53. The van der Waals surface area contributed by atoms with Crippen molar-refractivity contribution in [3.8, 4) is 28.7 Å². The molecule has 0 saturated heterocycles. The number of nitrogens with zero attached hydrogens (tertiary/aromatic N) is 1. The maximum Gasteiger partial charge on any atom is 0.344 e. The first-order valence-electron chi connectivity index (χ1n) is 9.72. The van der Waals surface area contributed by atoms with E-state index in [-0.39, 0.29) is 6.79 Å². The molecule has 158 valence electrons. The van der Waals surface area contributed by atoms with Gasteiger partial charge in [-0.2, -0.15) is 0 Å². The van der Waals surface area contributed by atoms with Crippen molar-refractivity contribution >= 4 is 5.97 Å². The Bertz CT molecular complexity index is 1050. The zero-order chi connectivity index (χ0) is 21.0. The minimum atomic E-state index is -0.988. The number of methoxy groups -OCH3 is 3. The van der Waals surface area contributed by atoms with Crippen molar-refractivity contribution in [2.45, 2.75) is 18.6 Å². The van der Waals surface area contributed by atoms with E-state index in [0.29, 0.717) is 47.3 Å². The lowest BCUT2D eigenvalue weighted by atomic mass is 9.90. The van der Waals surface area contributed by atoms with Crippen molar-refractivity contribution in [3.63, 3.8) is 0 Å². The molecule has 0 bridgehead atoms. The zero-order valence-electron chi connectivity index (χ0n) is 17.4. The second-order valence-corrected chi connectivity index (χ2v) is 7.53. The van der Waals surface area contributed by atoms with Crippen LogP contribution in [-0.4, -0.2) is 52.6 Å². The van der Waals surface area contributed by atoms with Gasteiger partial charge in [-0.25, -0.2) is 4.79 Å². The quantitative estimate of drug-likeness (QED) is 0.711. The molecule has 5 rings (SSSR count). The Balaban J connectivity index is 1.72. The third kappa shape index (κ3) is 2.40. The Morgan fingerprint density at radius 1 is 1.07 bits per heavy atom. The molecule has 3 aliphatic heterocycles. The molecule has 0 fully saturated rings. The predicted octanol–water partition coefficient (Wildman–Crippen LogP) is 2.49. The fourth-order valence-electron chi connectivity index (χ4n) is 4.71. The second kappa shape index (κ2) is 6.70. The predicted molar refractivity (Wildman–Crippen MR) is 106 cm³/mol. The highest BCUT2D eigenvalue weighted by Gasteiger charge is 2.52. The van der Waals surface area contributed by atoms with Gasteiger partial charge >= 0.3 is 5.97 Å². The molecule has 1 unspecified atom stereocenters. The Kier molecular flexibility index (Phi) is 4.21. The topological polar surface area (TPSA) is 75.7 Å². The standard InChI is InChI=1S/C22H23NO7/c1-23-8-7-12-9-16-20(29-11-28-16)18(26-3)13(12)10-22(23)14-5-6-15(25-2)19(27-4)17(14)21(24)30-22/h5-6,9H,7-8,10-11H2,1-4H3. The fraction of sp³-hybridized carbons (Fsp3) is 0.409. The maximum atomic E-state index is 13.0. The van der Waals surface area contributed by atoms with E-state index in [1.165, 1.54) is 7.11 Å². The average molecular weight is 413 g/mol. The SMILES string of the molecule is COc1ccc2c(c1OC)C(=O)OC21Cc2c(cc3c(c2OC)OCO3)CCN1C.